The van der Waals surface area contributed by atoms with E-state index in [0.29, 0.717) is 18.3 Å². The number of hydrogen-bond acceptors (Lipinski definition) is 5. The molecule has 0 spiro atoms. The van der Waals surface area contributed by atoms with Crippen LogP contribution in [0.3, 0.4) is 0 Å². The predicted octanol–water partition coefficient (Wildman–Crippen LogP) is 1.82. The Kier molecular flexibility index (Phi) is 3.39. The first kappa shape index (κ1) is 11.6. The molecule has 0 bridgehead atoms. The van der Waals surface area contributed by atoms with Crippen molar-refractivity contribution in [2.75, 3.05) is 6.61 Å². The van der Waals surface area contributed by atoms with Gasteiger partial charge in [-0.1, -0.05) is 23.4 Å². The summed E-state index contributed by atoms with van der Waals surface area (Å²) in [4.78, 5) is 4.13. The number of ether oxygens (including phenoxy) is 1. The van der Waals surface area contributed by atoms with E-state index in [9.17, 15) is 0 Å². The van der Waals surface area contributed by atoms with Crippen molar-refractivity contribution in [3.05, 3.63) is 41.5 Å². The highest BCUT2D eigenvalue weighted by atomic mass is 16.5. The second-order valence-electron chi connectivity index (χ2n) is 3.62. The van der Waals surface area contributed by atoms with Gasteiger partial charge in [0.05, 0.1) is 12.6 Å². The molecule has 5 heteroatoms. The van der Waals surface area contributed by atoms with Crippen LogP contribution >= 0.6 is 0 Å². The molecule has 2 rings (SSSR count). The van der Waals surface area contributed by atoms with Gasteiger partial charge in [-0.05, 0) is 13.0 Å². The van der Waals surface area contributed by atoms with E-state index in [0.717, 1.165) is 11.3 Å². The van der Waals surface area contributed by atoms with Crippen LogP contribution in [0.25, 0.3) is 0 Å². The second-order valence-corrected chi connectivity index (χ2v) is 3.62. The van der Waals surface area contributed by atoms with Crippen molar-refractivity contribution in [1.82, 2.24) is 10.1 Å². The van der Waals surface area contributed by atoms with E-state index >= 15 is 0 Å². The fraction of sp³-hybridized carbons (Fsp3) is 0.333. The van der Waals surface area contributed by atoms with Crippen LogP contribution < -0.4 is 10.5 Å². The van der Waals surface area contributed by atoms with Crippen molar-refractivity contribution in [1.29, 1.82) is 0 Å². The van der Waals surface area contributed by atoms with Gasteiger partial charge in [-0.2, -0.15) is 4.98 Å². The summed E-state index contributed by atoms with van der Waals surface area (Å²) in [6.45, 7) is 4.26. The van der Waals surface area contributed by atoms with Crippen molar-refractivity contribution in [3.63, 3.8) is 0 Å². The summed E-state index contributed by atoms with van der Waals surface area (Å²) in [5.74, 6) is 1.73. The third-order valence-electron chi connectivity index (χ3n) is 2.38. The van der Waals surface area contributed by atoms with E-state index in [1.165, 1.54) is 0 Å². The minimum absolute atomic E-state index is 0.435. The molecule has 5 nitrogen and oxygen atoms in total. The Morgan fingerprint density at radius 2 is 2.18 bits per heavy atom. The first-order valence-corrected chi connectivity index (χ1v) is 5.50. The number of aryl methyl sites for hydroxylation is 1. The van der Waals surface area contributed by atoms with E-state index in [1.54, 1.807) is 6.92 Å². The van der Waals surface area contributed by atoms with Crippen LogP contribution in [0.4, 0.5) is 0 Å². The maximum Gasteiger partial charge on any atom is 0.223 e. The van der Waals surface area contributed by atoms with Gasteiger partial charge in [0.25, 0.3) is 0 Å². The van der Waals surface area contributed by atoms with Gasteiger partial charge >= 0.3 is 0 Å². The molecule has 1 unspecified atom stereocenters. The van der Waals surface area contributed by atoms with Crippen LogP contribution in [0.1, 0.15) is 30.2 Å². The Morgan fingerprint density at radius 1 is 1.41 bits per heavy atom. The third-order valence-corrected chi connectivity index (χ3v) is 2.38. The smallest absolute Gasteiger partial charge is 0.223 e. The topological polar surface area (TPSA) is 74.2 Å². The zero-order chi connectivity index (χ0) is 12.3. The third kappa shape index (κ3) is 2.45. The summed E-state index contributed by atoms with van der Waals surface area (Å²) in [5, 5.41) is 3.83. The number of nitrogens with zero attached hydrogens (tertiary/aromatic N) is 2. The Hall–Kier alpha value is -1.88. The van der Waals surface area contributed by atoms with Crippen molar-refractivity contribution in [2.45, 2.75) is 19.9 Å². The van der Waals surface area contributed by atoms with Crippen molar-refractivity contribution < 1.29 is 9.26 Å². The molecule has 0 fully saturated rings. The van der Waals surface area contributed by atoms with Crippen LogP contribution in [0.15, 0.2) is 28.8 Å². The van der Waals surface area contributed by atoms with E-state index < -0.39 is 6.04 Å². The molecule has 1 atom stereocenters. The van der Waals surface area contributed by atoms with E-state index in [1.807, 2.05) is 31.2 Å². The standard InChI is InChI=1S/C12H15N3O2/c1-3-16-10-7-5-4-6-9(10)11(13)12-14-8(2)17-15-12/h4-7,11H,3,13H2,1-2H3. The molecule has 1 aromatic carbocycles. The first-order valence-electron chi connectivity index (χ1n) is 5.50. The maximum atomic E-state index is 6.10. The number of hydrogen-bond donors (Lipinski definition) is 1. The molecule has 0 aliphatic rings. The molecule has 17 heavy (non-hydrogen) atoms. The molecule has 1 aromatic heterocycles. The molecule has 0 amide bonds. The zero-order valence-electron chi connectivity index (χ0n) is 9.88. The molecule has 90 valence electrons. The Balaban J connectivity index is 2.33. The fourth-order valence-electron chi connectivity index (χ4n) is 1.60. The van der Waals surface area contributed by atoms with Crippen LogP contribution in [-0.2, 0) is 0 Å². The van der Waals surface area contributed by atoms with Gasteiger partial charge < -0.3 is 15.0 Å². The van der Waals surface area contributed by atoms with Crippen molar-refractivity contribution in [3.8, 4) is 5.75 Å². The Bertz CT molecular complexity index is 496. The van der Waals surface area contributed by atoms with Crippen LogP contribution in [0.5, 0.6) is 5.75 Å². The molecule has 0 saturated heterocycles. The Labute approximate surface area is 99.6 Å². The van der Waals surface area contributed by atoms with Gasteiger partial charge in [-0.15, -0.1) is 0 Å². The number of para-hydroxylation sites is 1. The van der Waals surface area contributed by atoms with Gasteiger partial charge in [0.1, 0.15) is 5.75 Å². The summed E-state index contributed by atoms with van der Waals surface area (Å²) in [7, 11) is 0. The molecular formula is C12H15N3O2. The molecule has 0 saturated carbocycles. The zero-order valence-corrected chi connectivity index (χ0v) is 9.88. The lowest BCUT2D eigenvalue weighted by Crippen LogP contribution is -2.15. The molecular weight excluding hydrogens is 218 g/mol. The van der Waals surface area contributed by atoms with Gasteiger partial charge in [0.15, 0.2) is 5.82 Å². The van der Waals surface area contributed by atoms with Crippen molar-refractivity contribution >= 4 is 0 Å². The summed E-state index contributed by atoms with van der Waals surface area (Å²) in [6.07, 6.45) is 0. The lowest BCUT2D eigenvalue weighted by atomic mass is 10.1. The van der Waals surface area contributed by atoms with Crippen LogP contribution in [0, 0.1) is 6.92 Å². The van der Waals surface area contributed by atoms with Crippen LogP contribution in [0.2, 0.25) is 0 Å². The monoisotopic (exact) mass is 233 g/mol. The molecule has 2 N–H and O–H groups in total. The minimum Gasteiger partial charge on any atom is -0.494 e. The summed E-state index contributed by atoms with van der Waals surface area (Å²) >= 11 is 0. The largest absolute Gasteiger partial charge is 0.494 e. The highest BCUT2D eigenvalue weighted by molar-refractivity contribution is 5.38. The van der Waals surface area contributed by atoms with E-state index in [4.69, 9.17) is 15.0 Å². The summed E-state index contributed by atoms with van der Waals surface area (Å²) < 4.78 is 10.4. The van der Waals surface area contributed by atoms with E-state index in [2.05, 4.69) is 10.1 Å². The summed E-state index contributed by atoms with van der Waals surface area (Å²) in [6, 6.07) is 7.16. The van der Waals surface area contributed by atoms with Gasteiger partial charge in [0, 0.05) is 12.5 Å². The van der Waals surface area contributed by atoms with Crippen molar-refractivity contribution in [2.24, 2.45) is 5.73 Å². The average Bonchev–Trinajstić information content (AvgIpc) is 2.76. The molecule has 0 aliphatic heterocycles. The predicted molar refractivity (Wildman–Crippen MR) is 62.7 cm³/mol. The minimum atomic E-state index is -0.435. The molecule has 2 aromatic rings. The van der Waals surface area contributed by atoms with E-state index in [-0.39, 0.29) is 0 Å². The number of rotatable bonds is 4. The lowest BCUT2D eigenvalue weighted by Gasteiger charge is -2.13. The lowest BCUT2D eigenvalue weighted by molar-refractivity contribution is 0.334. The van der Waals surface area contributed by atoms with Gasteiger partial charge in [-0.3, -0.25) is 0 Å². The first-order chi connectivity index (χ1) is 8.22. The second kappa shape index (κ2) is 4.97. The summed E-state index contributed by atoms with van der Waals surface area (Å²) in [5.41, 5.74) is 6.95. The van der Waals surface area contributed by atoms with Gasteiger partial charge in [-0.25, -0.2) is 0 Å². The fourth-order valence-corrected chi connectivity index (χ4v) is 1.60. The van der Waals surface area contributed by atoms with Gasteiger partial charge in [0.2, 0.25) is 5.89 Å². The number of aromatic nitrogens is 2. The number of nitrogens with two attached hydrogens (primary N) is 1. The Morgan fingerprint density at radius 3 is 2.82 bits per heavy atom. The average molecular weight is 233 g/mol. The highest BCUT2D eigenvalue weighted by Crippen LogP contribution is 2.26. The molecule has 0 radical (unpaired) electrons. The molecule has 0 aliphatic carbocycles. The SMILES string of the molecule is CCOc1ccccc1C(N)c1noc(C)n1. The molecule has 1 heterocycles. The number of benzene rings is 1. The highest BCUT2D eigenvalue weighted by Gasteiger charge is 2.18. The van der Waals surface area contributed by atoms with Crippen LogP contribution in [-0.4, -0.2) is 16.7 Å². The normalized spacial score (nSPS) is 12.4. The quantitative estimate of drug-likeness (QED) is 0.871. The maximum absolute atomic E-state index is 6.10.